The van der Waals surface area contributed by atoms with Crippen molar-refractivity contribution in [1.29, 1.82) is 0 Å². The molecule has 1 atom stereocenters. The number of aliphatic hydroxyl groups is 1. The number of fused-ring (bicyclic) bond motifs is 1. The molecule has 0 saturated carbocycles. The number of hydrogen-bond donors (Lipinski definition) is 3. The molecule has 2 rings (SSSR count). The summed E-state index contributed by atoms with van der Waals surface area (Å²) >= 11 is 0. The molecule has 4 N–H and O–H groups in total. The van der Waals surface area contributed by atoms with Crippen LogP contribution in [0.2, 0.25) is 0 Å². The molecule has 0 spiro atoms. The first-order valence-electron chi connectivity index (χ1n) is 3.48. The van der Waals surface area contributed by atoms with Crippen LogP contribution in [0.15, 0.2) is 6.33 Å². The number of hydrogen-bond acceptors (Lipinski definition) is 6. The first-order valence-corrected chi connectivity index (χ1v) is 3.48. The average Bonchev–Trinajstić information content (AvgIpc) is 2.32. The van der Waals surface area contributed by atoms with Crippen LogP contribution in [-0.4, -0.2) is 28.5 Å². The molecule has 1 aromatic heterocycles. The van der Waals surface area contributed by atoms with E-state index in [2.05, 4.69) is 15.3 Å². The van der Waals surface area contributed by atoms with Crippen LogP contribution in [0.5, 0.6) is 0 Å². The molecular weight excluding hydrogens is 158 g/mol. The number of anilines is 3. The van der Waals surface area contributed by atoms with Crippen molar-refractivity contribution in [3.05, 3.63) is 6.33 Å². The monoisotopic (exact) mass is 167 g/mol. The summed E-state index contributed by atoms with van der Waals surface area (Å²) in [5.41, 5.74) is 6.14. The quantitative estimate of drug-likeness (QED) is 0.468. The predicted octanol–water partition coefficient (Wildman–Crippen LogP) is -0.804. The van der Waals surface area contributed by atoms with E-state index >= 15 is 0 Å². The van der Waals surface area contributed by atoms with E-state index in [4.69, 9.17) is 5.73 Å². The van der Waals surface area contributed by atoms with Crippen LogP contribution in [-0.2, 0) is 0 Å². The van der Waals surface area contributed by atoms with Crippen LogP contribution >= 0.6 is 0 Å². The molecule has 6 heteroatoms. The second-order valence-corrected chi connectivity index (χ2v) is 2.59. The van der Waals surface area contributed by atoms with E-state index in [9.17, 15) is 5.11 Å². The highest BCUT2D eigenvalue weighted by atomic mass is 16.3. The molecule has 0 aliphatic carbocycles. The Labute approximate surface area is 69.0 Å². The van der Waals surface area contributed by atoms with Crippen LogP contribution < -0.4 is 16.0 Å². The Kier molecular flexibility index (Phi) is 1.31. The summed E-state index contributed by atoms with van der Waals surface area (Å²) in [7, 11) is 1.72. The molecule has 2 heterocycles. The largest absolute Gasteiger partial charge is 0.382 e. The van der Waals surface area contributed by atoms with Gasteiger partial charge < -0.3 is 21.1 Å². The van der Waals surface area contributed by atoms with Gasteiger partial charge in [0.2, 0.25) is 6.35 Å². The molecule has 64 valence electrons. The van der Waals surface area contributed by atoms with Crippen molar-refractivity contribution >= 4 is 17.3 Å². The Bertz CT molecular complexity index is 315. The highest BCUT2D eigenvalue weighted by Gasteiger charge is 2.26. The molecule has 1 aliphatic heterocycles. The Hall–Kier alpha value is -1.56. The van der Waals surface area contributed by atoms with E-state index in [1.807, 2.05) is 0 Å². The molecule has 0 amide bonds. The standard InChI is InChI=1S/C6H9N5O/c1-11-5-3(10-6(11)12)4(7)8-2-9-5/h2,6,10,12H,1H3,(H2,7,8,9). The summed E-state index contributed by atoms with van der Waals surface area (Å²) in [6.07, 6.45) is 0.601. The number of rotatable bonds is 0. The fraction of sp³-hybridized carbons (Fsp3) is 0.333. The lowest BCUT2D eigenvalue weighted by molar-refractivity contribution is 0.210. The van der Waals surface area contributed by atoms with Gasteiger partial charge in [-0.25, -0.2) is 9.97 Å². The van der Waals surface area contributed by atoms with Crippen LogP contribution in [0.1, 0.15) is 0 Å². The van der Waals surface area contributed by atoms with Gasteiger partial charge in [0, 0.05) is 7.05 Å². The van der Waals surface area contributed by atoms with Crippen molar-refractivity contribution < 1.29 is 5.11 Å². The van der Waals surface area contributed by atoms with E-state index in [-0.39, 0.29) is 0 Å². The van der Waals surface area contributed by atoms with Gasteiger partial charge >= 0.3 is 0 Å². The Morgan fingerprint density at radius 3 is 3.08 bits per heavy atom. The van der Waals surface area contributed by atoms with Crippen LogP contribution in [0.4, 0.5) is 17.3 Å². The SMILES string of the molecule is CN1c2ncnc(N)c2NC1O. The first-order chi connectivity index (χ1) is 5.70. The van der Waals surface area contributed by atoms with E-state index in [1.54, 1.807) is 11.9 Å². The van der Waals surface area contributed by atoms with Gasteiger partial charge in [-0.3, -0.25) is 0 Å². The summed E-state index contributed by atoms with van der Waals surface area (Å²) in [4.78, 5) is 9.33. The summed E-state index contributed by atoms with van der Waals surface area (Å²) < 4.78 is 0. The van der Waals surface area contributed by atoms with Gasteiger partial charge in [0.25, 0.3) is 0 Å². The second kappa shape index (κ2) is 2.21. The Morgan fingerprint density at radius 2 is 2.42 bits per heavy atom. The van der Waals surface area contributed by atoms with Gasteiger partial charge in [0.05, 0.1) is 0 Å². The Balaban J connectivity index is 2.53. The van der Waals surface area contributed by atoms with Crippen LogP contribution in [0, 0.1) is 0 Å². The third-order valence-corrected chi connectivity index (χ3v) is 1.83. The number of nitrogens with two attached hydrogens (primary N) is 1. The van der Waals surface area contributed by atoms with Crippen LogP contribution in [0.3, 0.4) is 0 Å². The third kappa shape index (κ3) is 0.782. The summed E-state index contributed by atoms with van der Waals surface area (Å²) in [6, 6.07) is 0. The second-order valence-electron chi connectivity index (χ2n) is 2.59. The van der Waals surface area contributed by atoms with Crippen molar-refractivity contribution in [2.45, 2.75) is 6.35 Å². The zero-order valence-electron chi connectivity index (χ0n) is 6.52. The fourth-order valence-corrected chi connectivity index (χ4v) is 1.14. The van der Waals surface area contributed by atoms with Crippen molar-refractivity contribution in [3.63, 3.8) is 0 Å². The predicted molar refractivity (Wildman–Crippen MR) is 44.5 cm³/mol. The normalized spacial score (nSPS) is 20.5. The van der Waals surface area contributed by atoms with Gasteiger partial charge in [-0.2, -0.15) is 0 Å². The van der Waals surface area contributed by atoms with Gasteiger partial charge in [-0.1, -0.05) is 0 Å². The summed E-state index contributed by atoms with van der Waals surface area (Å²) in [6.45, 7) is 0. The molecule has 12 heavy (non-hydrogen) atoms. The Morgan fingerprint density at radius 1 is 1.67 bits per heavy atom. The molecule has 0 bridgehead atoms. The molecule has 1 unspecified atom stereocenters. The highest BCUT2D eigenvalue weighted by Crippen LogP contribution is 2.33. The number of aliphatic hydroxyl groups excluding tert-OH is 1. The number of nitrogen functional groups attached to an aromatic ring is 1. The molecule has 0 fully saturated rings. The zero-order chi connectivity index (χ0) is 8.72. The number of nitrogens with one attached hydrogen (secondary N) is 1. The number of nitrogens with zero attached hydrogens (tertiary/aromatic N) is 3. The van der Waals surface area contributed by atoms with E-state index in [0.29, 0.717) is 17.3 Å². The van der Waals surface area contributed by atoms with E-state index in [1.165, 1.54) is 6.33 Å². The van der Waals surface area contributed by atoms with E-state index < -0.39 is 6.35 Å². The lowest BCUT2D eigenvalue weighted by atomic mass is 10.4. The van der Waals surface area contributed by atoms with E-state index in [0.717, 1.165) is 0 Å². The van der Waals surface area contributed by atoms with Gasteiger partial charge in [0.15, 0.2) is 11.6 Å². The van der Waals surface area contributed by atoms with Crippen LogP contribution in [0.25, 0.3) is 0 Å². The molecule has 1 aromatic rings. The molecule has 0 saturated heterocycles. The molecule has 6 nitrogen and oxygen atoms in total. The minimum atomic E-state index is -0.765. The first kappa shape index (κ1) is 7.11. The minimum Gasteiger partial charge on any atom is -0.382 e. The third-order valence-electron chi connectivity index (χ3n) is 1.83. The maximum Gasteiger partial charge on any atom is 0.206 e. The van der Waals surface area contributed by atoms with Crippen molar-refractivity contribution in [2.24, 2.45) is 0 Å². The maximum absolute atomic E-state index is 9.34. The topological polar surface area (TPSA) is 87.3 Å². The molecular formula is C6H9N5O. The smallest absolute Gasteiger partial charge is 0.206 e. The highest BCUT2D eigenvalue weighted by molar-refractivity contribution is 5.79. The molecule has 0 aromatic carbocycles. The van der Waals surface area contributed by atoms with Gasteiger partial charge in [-0.15, -0.1) is 0 Å². The van der Waals surface area contributed by atoms with Gasteiger partial charge in [-0.05, 0) is 0 Å². The minimum absolute atomic E-state index is 0.350. The van der Waals surface area contributed by atoms with Crippen molar-refractivity contribution in [3.8, 4) is 0 Å². The lowest BCUT2D eigenvalue weighted by Crippen LogP contribution is -2.31. The lowest BCUT2D eigenvalue weighted by Gasteiger charge is -2.13. The maximum atomic E-state index is 9.34. The number of aromatic nitrogens is 2. The fourth-order valence-electron chi connectivity index (χ4n) is 1.14. The zero-order valence-corrected chi connectivity index (χ0v) is 6.52. The summed E-state index contributed by atoms with van der Waals surface area (Å²) in [5, 5.41) is 12.1. The summed E-state index contributed by atoms with van der Waals surface area (Å²) in [5.74, 6) is 0.971. The van der Waals surface area contributed by atoms with Crippen molar-refractivity contribution in [1.82, 2.24) is 9.97 Å². The molecule has 0 radical (unpaired) electrons. The molecule has 1 aliphatic rings. The average molecular weight is 167 g/mol. The van der Waals surface area contributed by atoms with Crippen molar-refractivity contribution in [2.75, 3.05) is 23.0 Å². The van der Waals surface area contributed by atoms with Gasteiger partial charge in [0.1, 0.15) is 12.0 Å².